The molecule has 2 heteroatoms. The lowest BCUT2D eigenvalue weighted by atomic mass is 9.81. The fourth-order valence-electron chi connectivity index (χ4n) is 1.73. The summed E-state index contributed by atoms with van der Waals surface area (Å²) in [6.45, 7) is 11.8. The summed E-state index contributed by atoms with van der Waals surface area (Å²) in [6, 6.07) is 8.57. The zero-order chi connectivity index (χ0) is 13.6. The summed E-state index contributed by atoms with van der Waals surface area (Å²) >= 11 is 0. The van der Waals surface area contributed by atoms with Crippen LogP contribution in [0.4, 0.5) is 0 Å². The van der Waals surface area contributed by atoms with E-state index >= 15 is 0 Å². The van der Waals surface area contributed by atoms with Crippen LogP contribution in [0.15, 0.2) is 24.3 Å². The quantitative estimate of drug-likeness (QED) is 0.797. The average Bonchev–Trinajstić information content (AvgIpc) is 2.29. The molecule has 0 radical (unpaired) electrons. The van der Waals surface area contributed by atoms with Crippen molar-refractivity contribution in [2.75, 3.05) is 13.7 Å². The standard InChI is InChI=1S/C16H27NO/c1-13(2)16(3,4)12-17-10-14-7-6-8-15(9-14)11-18-5/h6-9,13,17H,10-12H2,1-5H3. The van der Waals surface area contributed by atoms with E-state index in [1.54, 1.807) is 7.11 Å². The Bertz CT molecular complexity index is 358. The van der Waals surface area contributed by atoms with Gasteiger partial charge in [-0.15, -0.1) is 0 Å². The normalized spacial score (nSPS) is 12.1. The van der Waals surface area contributed by atoms with Gasteiger partial charge in [0.1, 0.15) is 0 Å². The molecule has 0 fully saturated rings. The molecule has 0 bridgehead atoms. The first-order valence-corrected chi connectivity index (χ1v) is 6.73. The predicted molar refractivity (Wildman–Crippen MR) is 77.5 cm³/mol. The first kappa shape index (κ1) is 15.2. The Balaban J connectivity index is 2.46. The van der Waals surface area contributed by atoms with Gasteiger partial charge in [-0.2, -0.15) is 0 Å². The van der Waals surface area contributed by atoms with Crippen LogP contribution < -0.4 is 5.32 Å². The first-order valence-electron chi connectivity index (χ1n) is 6.73. The molecule has 0 saturated heterocycles. The minimum Gasteiger partial charge on any atom is -0.380 e. The van der Waals surface area contributed by atoms with Gasteiger partial charge < -0.3 is 10.1 Å². The number of methoxy groups -OCH3 is 1. The maximum absolute atomic E-state index is 5.15. The van der Waals surface area contributed by atoms with Gasteiger partial charge in [-0.05, 0) is 22.5 Å². The second kappa shape index (κ2) is 6.91. The van der Waals surface area contributed by atoms with E-state index < -0.39 is 0 Å². The van der Waals surface area contributed by atoms with Crippen molar-refractivity contribution in [3.63, 3.8) is 0 Å². The van der Waals surface area contributed by atoms with Gasteiger partial charge >= 0.3 is 0 Å². The number of hydrogen-bond donors (Lipinski definition) is 1. The fraction of sp³-hybridized carbons (Fsp3) is 0.625. The maximum Gasteiger partial charge on any atom is 0.0713 e. The van der Waals surface area contributed by atoms with Crippen LogP contribution in [0.5, 0.6) is 0 Å². The highest BCUT2D eigenvalue weighted by atomic mass is 16.5. The Morgan fingerprint density at radius 2 is 1.89 bits per heavy atom. The van der Waals surface area contributed by atoms with E-state index in [2.05, 4.69) is 57.3 Å². The number of benzene rings is 1. The minimum absolute atomic E-state index is 0.337. The number of ether oxygens (including phenoxy) is 1. The molecule has 0 spiro atoms. The minimum atomic E-state index is 0.337. The summed E-state index contributed by atoms with van der Waals surface area (Å²) in [6.07, 6.45) is 0. The monoisotopic (exact) mass is 249 g/mol. The highest BCUT2D eigenvalue weighted by molar-refractivity contribution is 5.22. The summed E-state index contributed by atoms with van der Waals surface area (Å²) in [5.41, 5.74) is 2.90. The molecule has 1 aromatic carbocycles. The summed E-state index contributed by atoms with van der Waals surface area (Å²) in [5, 5.41) is 3.55. The van der Waals surface area contributed by atoms with E-state index in [1.165, 1.54) is 11.1 Å². The van der Waals surface area contributed by atoms with Crippen LogP contribution in [-0.2, 0) is 17.9 Å². The van der Waals surface area contributed by atoms with Gasteiger partial charge in [0.2, 0.25) is 0 Å². The Hall–Kier alpha value is -0.860. The van der Waals surface area contributed by atoms with Crippen LogP contribution >= 0.6 is 0 Å². The predicted octanol–water partition coefficient (Wildman–Crippen LogP) is 3.60. The molecule has 0 atom stereocenters. The van der Waals surface area contributed by atoms with E-state index in [9.17, 15) is 0 Å². The summed E-state index contributed by atoms with van der Waals surface area (Å²) in [5.74, 6) is 0.685. The number of rotatable bonds is 7. The van der Waals surface area contributed by atoms with Crippen LogP contribution in [0, 0.1) is 11.3 Å². The topological polar surface area (TPSA) is 21.3 Å². The number of nitrogens with one attached hydrogen (secondary N) is 1. The van der Waals surface area contributed by atoms with Crippen molar-refractivity contribution in [3.8, 4) is 0 Å². The van der Waals surface area contributed by atoms with E-state index in [-0.39, 0.29) is 0 Å². The molecule has 0 heterocycles. The third-order valence-corrected chi connectivity index (χ3v) is 3.78. The Kier molecular flexibility index (Phi) is 5.83. The van der Waals surface area contributed by atoms with Gasteiger partial charge in [-0.25, -0.2) is 0 Å². The van der Waals surface area contributed by atoms with Crippen molar-refractivity contribution >= 4 is 0 Å². The second-order valence-electron chi connectivity index (χ2n) is 6.00. The van der Waals surface area contributed by atoms with Gasteiger partial charge in [-0.3, -0.25) is 0 Å². The van der Waals surface area contributed by atoms with Crippen LogP contribution in [0.25, 0.3) is 0 Å². The van der Waals surface area contributed by atoms with Gasteiger partial charge in [0, 0.05) is 20.2 Å². The third-order valence-electron chi connectivity index (χ3n) is 3.78. The Labute approximate surface area is 112 Å². The van der Waals surface area contributed by atoms with Crippen molar-refractivity contribution in [1.29, 1.82) is 0 Å². The Morgan fingerprint density at radius 3 is 2.50 bits per heavy atom. The molecule has 0 aromatic heterocycles. The molecule has 1 rings (SSSR count). The molecule has 18 heavy (non-hydrogen) atoms. The van der Waals surface area contributed by atoms with E-state index in [0.717, 1.165) is 13.1 Å². The zero-order valence-electron chi connectivity index (χ0n) is 12.4. The van der Waals surface area contributed by atoms with Crippen LogP contribution in [0.2, 0.25) is 0 Å². The van der Waals surface area contributed by atoms with Gasteiger partial charge in [-0.1, -0.05) is 52.0 Å². The van der Waals surface area contributed by atoms with Crippen LogP contribution in [0.3, 0.4) is 0 Å². The summed E-state index contributed by atoms with van der Waals surface area (Å²) < 4.78 is 5.15. The average molecular weight is 249 g/mol. The molecule has 0 aliphatic carbocycles. The lowest BCUT2D eigenvalue weighted by Crippen LogP contribution is -2.33. The molecule has 2 nitrogen and oxygen atoms in total. The molecular formula is C16H27NO. The molecule has 0 aliphatic rings. The fourth-order valence-corrected chi connectivity index (χ4v) is 1.73. The van der Waals surface area contributed by atoms with Gasteiger partial charge in [0.15, 0.2) is 0 Å². The summed E-state index contributed by atoms with van der Waals surface area (Å²) in [4.78, 5) is 0. The molecule has 0 aliphatic heterocycles. The van der Waals surface area contributed by atoms with Crippen molar-refractivity contribution in [2.24, 2.45) is 11.3 Å². The molecule has 1 N–H and O–H groups in total. The third kappa shape index (κ3) is 4.79. The van der Waals surface area contributed by atoms with Crippen molar-refractivity contribution < 1.29 is 4.74 Å². The highest BCUT2D eigenvalue weighted by Gasteiger charge is 2.21. The van der Waals surface area contributed by atoms with E-state index in [0.29, 0.717) is 17.9 Å². The molecule has 0 amide bonds. The molecular weight excluding hydrogens is 222 g/mol. The molecule has 1 aromatic rings. The zero-order valence-corrected chi connectivity index (χ0v) is 12.4. The van der Waals surface area contributed by atoms with Crippen LogP contribution in [0.1, 0.15) is 38.8 Å². The molecule has 0 saturated carbocycles. The lowest BCUT2D eigenvalue weighted by molar-refractivity contribution is 0.185. The van der Waals surface area contributed by atoms with Gasteiger partial charge in [0.05, 0.1) is 6.61 Å². The van der Waals surface area contributed by atoms with E-state index in [4.69, 9.17) is 4.74 Å². The smallest absolute Gasteiger partial charge is 0.0713 e. The first-order chi connectivity index (χ1) is 8.45. The maximum atomic E-state index is 5.15. The highest BCUT2D eigenvalue weighted by Crippen LogP contribution is 2.24. The van der Waals surface area contributed by atoms with Crippen molar-refractivity contribution in [2.45, 2.75) is 40.8 Å². The number of hydrogen-bond acceptors (Lipinski definition) is 2. The SMILES string of the molecule is COCc1cccc(CNCC(C)(C)C(C)C)c1. The van der Waals surface area contributed by atoms with Gasteiger partial charge in [0.25, 0.3) is 0 Å². The van der Waals surface area contributed by atoms with E-state index in [1.807, 2.05) is 0 Å². The summed E-state index contributed by atoms with van der Waals surface area (Å²) in [7, 11) is 1.73. The second-order valence-corrected chi connectivity index (χ2v) is 6.00. The molecule has 0 unspecified atom stereocenters. The van der Waals surface area contributed by atoms with Crippen LogP contribution in [-0.4, -0.2) is 13.7 Å². The van der Waals surface area contributed by atoms with Crippen molar-refractivity contribution in [3.05, 3.63) is 35.4 Å². The van der Waals surface area contributed by atoms with Crippen molar-refractivity contribution in [1.82, 2.24) is 5.32 Å². The Morgan fingerprint density at radius 1 is 1.22 bits per heavy atom. The molecule has 102 valence electrons. The lowest BCUT2D eigenvalue weighted by Gasteiger charge is -2.29. The largest absolute Gasteiger partial charge is 0.380 e.